The molecule has 0 unspecified atom stereocenters. The summed E-state index contributed by atoms with van der Waals surface area (Å²) in [4.78, 5) is 30.6. The zero-order valence-corrected chi connectivity index (χ0v) is 19.8. The normalized spacial score (nSPS) is 15.7. The smallest absolute Gasteiger partial charge is 0.258 e. The van der Waals surface area contributed by atoms with Crippen LogP contribution in [0, 0.1) is 0 Å². The molecule has 176 valence electrons. The molecule has 8 nitrogen and oxygen atoms in total. The van der Waals surface area contributed by atoms with Crippen molar-refractivity contribution in [3.8, 4) is 0 Å². The zero-order valence-electron chi connectivity index (χ0n) is 19.8. The van der Waals surface area contributed by atoms with Crippen LogP contribution in [0.4, 0.5) is 0 Å². The molecule has 6 rings (SSSR count). The molecule has 1 aliphatic heterocycles. The molecule has 0 fully saturated rings. The van der Waals surface area contributed by atoms with E-state index in [2.05, 4.69) is 52.3 Å². The lowest BCUT2D eigenvalue weighted by molar-refractivity contribution is 0.0689. The Balaban J connectivity index is 1.38. The van der Waals surface area contributed by atoms with Crippen LogP contribution in [-0.4, -0.2) is 67.5 Å². The van der Waals surface area contributed by atoms with E-state index in [0.29, 0.717) is 12.1 Å². The number of amides is 1. The number of aromatic amines is 1. The number of pyridine rings is 2. The summed E-state index contributed by atoms with van der Waals surface area (Å²) in [5.41, 5.74) is 5.31. The topological polar surface area (TPSA) is 82.4 Å². The van der Waals surface area contributed by atoms with Crippen LogP contribution < -0.4 is 0 Å². The molecule has 1 aliphatic rings. The van der Waals surface area contributed by atoms with E-state index >= 15 is 0 Å². The van der Waals surface area contributed by atoms with Gasteiger partial charge in [-0.3, -0.25) is 9.78 Å². The van der Waals surface area contributed by atoms with Crippen LogP contribution in [0.2, 0.25) is 0 Å². The van der Waals surface area contributed by atoms with Crippen LogP contribution in [0.5, 0.6) is 0 Å². The molecule has 1 atom stereocenters. The van der Waals surface area contributed by atoms with Crippen molar-refractivity contribution in [1.29, 1.82) is 0 Å². The maximum absolute atomic E-state index is 14.0. The highest BCUT2D eigenvalue weighted by molar-refractivity contribution is 6.01. The predicted octanol–water partition coefficient (Wildman–Crippen LogP) is 3.50. The highest BCUT2D eigenvalue weighted by atomic mass is 16.2. The Hall–Kier alpha value is -4.04. The van der Waals surface area contributed by atoms with Crippen LogP contribution >= 0.6 is 0 Å². The fourth-order valence-corrected chi connectivity index (χ4v) is 4.89. The van der Waals surface area contributed by atoms with Crippen molar-refractivity contribution in [2.75, 3.05) is 27.2 Å². The summed E-state index contributed by atoms with van der Waals surface area (Å²) in [6, 6.07) is 13.9. The first-order valence-electron chi connectivity index (χ1n) is 11.9. The molecular formula is C27H27N7O. The van der Waals surface area contributed by atoms with Gasteiger partial charge in [0.2, 0.25) is 0 Å². The molecule has 1 amide bonds. The number of hydrogen-bond acceptors (Lipinski definition) is 5. The first kappa shape index (κ1) is 21.5. The van der Waals surface area contributed by atoms with Crippen molar-refractivity contribution in [2.45, 2.75) is 18.9 Å². The first-order chi connectivity index (χ1) is 17.1. The Morgan fingerprint density at radius 2 is 1.97 bits per heavy atom. The van der Waals surface area contributed by atoms with Gasteiger partial charge >= 0.3 is 0 Å². The SMILES string of the molecule is CN(C)CCc1ccc2c(C(=O)N3CCc4[nH]cnc4[C@H]3c3cc4ccccc4cn3)cnn2c1. The van der Waals surface area contributed by atoms with Gasteiger partial charge in [-0.15, -0.1) is 0 Å². The molecular weight excluding hydrogens is 438 g/mol. The van der Waals surface area contributed by atoms with Crippen molar-refractivity contribution in [1.82, 2.24) is 34.4 Å². The summed E-state index contributed by atoms with van der Waals surface area (Å²) >= 11 is 0. The van der Waals surface area contributed by atoms with Crippen molar-refractivity contribution in [3.63, 3.8) is 0 Å². The third-order valence-corrected chi connectivity index (χ3v) is 6.77. The largest absolute Gasteiger partial charge is 0.348 e. The minimum atomic E-state index is -0.364. The number of carbonyl (C=O) groups is 1. The summed E-state index contributed by atoms with van der Waals surface area (Å²) in [6.07, 6.45) is 8.92. The standard InChI is InChI=1S/C27H27N7O/c1-32(2)11-9-18-7-8-24-21(15-31-34(24)16-18)27(35)33-12-10-22-25(30-17-29-22)26(33)23-13-19-5-3-4-6-20(19)14-28-23/h3-8,13-17,26H,9-12H2,1-2H3,(H,29,30)/t26-/m1/s1. The Morgan fingerprint density at radius 1 is 1.11 bits per heavy atom. The second-order valence-electron chi connectivity index (χ2n) is 9.35. The first-order valence-corrected chi connectivity index (χ1v) is 11.9. The average molecular weight is 466 g/mol. The quantitative estimate of drug-likeness (QED) is 0.430. The molecule has 4 aromatic heterocycles. The minimum absolute atomic E-state index is 0.0605. The summed E-state index contributed by atoms with van der Waals surface area (Å²) < 4.78 is 1.81. The number of likely N-dealkylation sites (N-methyl/N-ethyl adjacent to an activating group) is 1. The Bertz CT molecular complexity index is 1530. The fourth-order valence-electron chi connectivity index (χ4n) is 4.89. The van der Waals surface area contributed by atoms with E-state index in [-0.39, 0.29) is 11.9 Å². The number of nitrogens with zero attached hydrogens (tertiary/aromatic N) is 6. The van der Waals surface area contributed by atoms with Crippen molar-refractivity contribution in [2.24, 2.45) is 0 Å². The van der Waals surface area contributed by atoms with Gasteiger partial charge < -0.3 is 14.8 Å². The van der Waals surface area contributed by atoms with Gasteiger partial charge in [0, 0.05) is 43.0 Å². The Kier molecular flexibility index (Phi) is 5.30. The molecule has 35 heavy (non-hydrogen) atoms. The van der Waals surface area contributed by atoms with E-state index in [1.54, 1.807) is 12.5 Å². The summed E-state index contributed by atoms with van der Waals surface area (Å²) in [6.45, 7) is 1.53. The third kappa shape index (κ3) is 3.85. The number of aromatic nitrogens is 5. The molecule has 5 heterocycles. The molecule has 1 aromatic carbocycles. The number of benzene rings is 1. The molecule has 0 saturated carbocycles. The van der Waals surface area contributed by atoms with E-state index < -0.39 is 0 Å². The molecule has 8 heteroatoms. The Morgan fingerprint density at radius 3 is 2.83 bits per heavy atom. The molecule has 5 aromatic rings. The molecule has 1 N–H and O–H groups in total. The summed E-state index contributed by atoms with van der Waals surface area (Å²) in [7, 11) is 4.13. The highest BCUT2D eigenvalue weighted by Gasteiger charge is 2.36. The summed E-state index contributed by atoms with van der Waals surface area (Å²) in [5.74, 6) is -0.0605. The fraction of sp³-hybridized carbons (Fsp3) is 0.259. The number of nitrogens with one attached hydrogen (secondary N) is 1. The number of H-pyrrole nitrogens is 1. The number of rotatable bonds is 5. The van der Waals surface area contributed by atoms with Crippen LogP contribution in [0.3, 0.4) is 0 Å². The lowest BCUT2D eigenvalue weighted by atomic mass is 9.97. The second kappa shape index (κ2) is 8.63. The minimum Gasteiger partial charge on any atom is -0.348 e. The van der Waals surface area contributed by atoms with Gasteiger partial charge in [-0.05, 0) is 43.6 Å². The van der Waals surface area contributed by atoms with Gasteiger partial charge in [-0.25, -0.2) is 9.50 Å². The number of carbonyl (C=O) groups excluding carboxylic acids is 1. The zero-order chi connectivity index (χ0) is 23.9. The number of hydrogen-bond donors (Lipinski definition) is 1. The van der Waals surface area contributed by atoms with Crippen LogP contribution in [0.1, 0.15) is 39.0 Å². The van der Waals surface area contributed by atoms with Crippen LogP contribution in [0.25, 0.3) is 16.3 Å². The van der Waals surface area contributed by atoms with Gasteiger partial charge in [0.15, 0.2) is 0 Å². The lowest BCUT2D eigenvalue weighted by Gasteiger charge is -2.34. The number of fused-ring (bicyclic) bond motifs is 3. The molecule has 0 bridgehead atoms. The second-order valence-corrected chi connectivity index (χ2v) is 9.35. The van der Waals surface area contributed by atoms with Crippen molar-refractivity contribution < 1.29 is 4.79 Å². The van der Waals surface area contributed by atoms with E-state index in [4.69, 9.17) is 4.98 Å². The lowest BCUT2D eigenvalue weighted by Crippen LogP contribution is -2.41. The molecule has 0 aliphatic carbocycles. The van der Waals surface area contributed by atoms with Gasteiger partial charge in [0.1, 0.15) is 6.04 Å². The molecule has 0 radical (unpaired) electrons. The maximum atomic E-state index is 14.0. The van der Waals surface area contributed by atoms with E-state index in [1.165, 1.54) is 5.56 Å². The predicted molar refractivity (Wildman–Crippen MR) is 134 cm³/mol. The van der Waals surface area contributed by atoms with Crippen LogP contribution in [-0.2, 0) is 12.8 Å². The molecule has 0 saturated heterocycles. The number of imidazole rings is 1. The Labute approximate surface area is 203 Å². The average Bonchev–Trinajstić information content (AvgIpc) is 3.53. The van der Waals surface area contributed by atoms with E-state index in [9.17, 15) is 4.79 Å². The van der Waals surface area contributed by atoms with E-state index in [0.717, 1.165) is 52.8 Å². The third-order valence-electron chi connectivity index (χ3n) is 6.77. The van der Waals surface area contributed by atoms with Gasteiger partial charge in [-0.2, -0.15) is 5.10 Å². The van der Waals surface area contributed by atoms with Gasteiger partial charge in [0.05, 0.1) is 35.0 Å². The van der Waals surface area contributed by atoms with Gasteiger partial charge in [0.25, 0.3) is 5.91 Å². The highest BCUT2D eigenvalue weighted by Crippen LogP contribution is 2.35. The summed E-state index contributed by atoms with van der Waals surface area (Å²) in [5, 5.41) is 6.67. The molecule has 0 spiro atoms. The monoisotopic (exact) mass is 465 g/mol. The van der Waals surface area contributed by atoms with Crippen molar-refractivity contribution >= 4 is 22.2 Å². The van der Waals surface area contributed by atoms with Gasteiger partial charge in [-0.1, -0.05) is 30.3 Å². The maximum Gasteiger partial charge on any atom is 0.258 e. The van der Waals surface area contributed by atoms with Crippen molar-refractivity contribution in [3.05, 3.63) is 95.6 Å². The van der Waals surface area contributed by atoms with Crippen LogP contribution in [0.15, 0.2) is 67.4 Å². The van der Waals surface area contributed by atoms with E-state index in [1.807, 2.05) is 46.1 Å².